The predicted molar refractivity (Wildman–Crippen MR) is 55.2 cm³/mol. The molecule has 5 heteroatoms. The minimum atomic E-state index is -0.141. The van der Waals surface area contributed by atoms with Gasteiger partial charge in [-0.3, -0.25) is 4.79 Å². The van der Waals surface area contributed by atoms with Crippen molar-refractivity contribution in [1.82, 2.24) is 20.1 Å². The fraction of sp³-hybridized carbons (Fsp3) is 0.700. The van der Waals surface area contributed by atoms with E-state index in [0.29, 0.717) is 17.2 Å². The molecule has 1 aromatic heterocycles. The van der Waals surface area contributed by atoms with Crippen LogP contribution in [0.1, 0.15) is 30.9 Å². The molecular weight excluding hydrogens is 192 g/mol. The lowest BCUT2D eigenvalue weighted by molar-refractivity contribution is 0.0936. The van der Waals surface area contributed by atoms with Crippen LogP contribution in [-0.2, 0) is 7.05 Å². The molecule has 1 saturated carbocycles. The molecule has 0 radical (unpaired) electrons. The number of amides is 1. The largest absolute Gasteiger partial charge is 0.349 e. The smallest absolute Gasteiger partial charge is 0.288 e. The first-order valence-electron chi connectivity index (χ1n) is 5.13. The average molecular weight is 208 g/mol. The fourth-order valence-electron chi connectivity index (χ4n) is 1.72. The van der Waals surface area contributed by atoms with Crippen molar-refractivity contribution >= 4 is 5.91 Å². The van der Waals surface area contributed by atoms with Crippen LogP contribution < -0.4 is 5.32 Å². The van der Waals surface area contributed by atoms with E-state index in [0.717, 1.165) is 6.54 Å². The van der Waals surface area contributed by atoms with Crippen LogP contribution >= 0.6 is 0 Å². The molecule has 0 saturated heterocycles. The minimum Gasteiger partial charge on any atom is -0.349 e. The Kier molecular flexibility index (Phi) is 2.25. The summed E-state index contributed by atoms with van der Waals surface area (Å²) in [6, 6.07) is 0. The second-order valence-corrected chi connectivity index (χ2v) is 4.81. The zero-order valence-corrected chi connectivity index (χ0v) is 9.32. The highest BCUT2D eigenvalue weighted by molar-refractivity contribution is 5.90. The van der Waals surface area contributed by atoms with Gasteiger partial charge in [0.05, 0.1) is 0 Å². The summed E-state index contributed by atoms with van der Waals surface area (Å²) in [6.07, 6.45) is 2.57. The van der Waals surface area contributed by atoms with Gasteiger partial charge in [0.15, 0.2) is 0 Å². The molecule has 1 heterocycles. The predicted octanol–water partition coefficient (Wildman–Crippen LogP) is 0.591. The van der Waals surface area contributed by atoms with E-state index in [9.17, 15) is 4.79 Å². The molecule has 0 bridgehead atoms. The van der Waals surface area contributed by atoms with Gasteiger partial charge >= 0.3 is 0 Å². The van der Waals surface area contributed by atoms with Crippen molar-refractivity contribution in [3.8, 4) is 0 Å². The van der Waals surface area contributed by atoms with Crippen molar-refractivity contribution in [3.63, 3.8) is 0 Å². The number of nitrogens with one attached hydrogen (secondary N) is 1. The first-order chi connectivity index (χ1) is 7.00. The highest BCUT2D eigenvalue weighted by Crippen LogP contribution is 2.50. The molecule has 15 heavy (non-hydrogen) atoms. The van der Waals surface area contributed by atoms with Gasteiger partial charge in [0.2, 0.25) is 5.82 Å². The zero-order chi connectivity index (χ0) is 11.1. The summed E-state index contributed by atoms with van der Waals surface area (Å²) in [5.74, 6) is 0.834. The molecule has 0 aliphatic heterocycles. The standard InChI is InChI=1S/C10H16N4O/c1-10(2)4-7(10)5-11-9(15)8-12-6-13-14(8)3/h6-7H,4-5H2,1-3H3,(H,11,15)/t7-/m1/s1. The van der Waals surface area contributed by atoms with Crippen molar-refractivity contribution in [1.29, 1.82) is 0 Å². The maximum Gasteiger partial charge on any atom is 0.288 e. The van der Waals surface area contributed by atoms with Gasteiger partial charge in [-0.1, -0.05) is 13.8 Å². The van der Waals surface area contributed by atoms with Crippen molar-refractivity contribution in [2.75, 3.05) is 6.54 Å². The number of rotatable bonds is 3. The minimum absolute atomic E-state index is 0.141. The summed E-state index contributed by atoms with van der Waals surface area (Å²) in [5, 5.41) is 6.73. The van der Waals surface area contributed by atoms with E-state index in [4.69, 9.17) is 0 Å². The summed E-state index contributed by atoms with van der Waals surface area (Å²) in [7, 11) is 1.71. The van der Waals surface area contributed by atoms with Gasteiger partial charge in [0, 0.05) is 13.6 Å². The first kappa shape index (κ1) is 10.1. The normalized spacial score (nSPS) is 22.5. The van der Waals surface area contributed by atoms with E-state index >= 15 is 0 Å². The van der Waals surface area contributed by atoms with Crippen molar-refractivity contribution in [2.24, 2.45) is 18.4 Å². The number of aromatic nitrogens is 3. The monoisotopic (exact) mass is 208 g/mol. The lowest BCUT2D eigenvalue weighted by Gasteiger charge is -2.05. The van der Waals surface area contributed by atoms with Gasteiger partial charge in [-0.2, -0.15) is 5.10 Å². The molecule has 1 fully saturated rings. The van der Waals surface area contributed by atoms with E-state index in [1.165, 1.54) is 17.4 Å². The molecule has 0 spiro atoms. The molecule has 0 unspecified atom stereocenters. The molecule has 1 atom stereocenters. The second kappa shape index (κ2) is 3.32. The van der Waals surface area contributed by atoms with Crippen LogP contribution in [0.4, 0.5) is 0 Å². The van der Waals surface area contributed by atoms with Crippen LogP contribution in [0.15, 0.2) is 6.33 Å². The maximum absolute atomic E-state index is 11.6. The Balaban J connectivity index is 1.86. The van der Waals surface area contributed by atoms with E-state index in [1.54, 1.807) is 7.05 Å². The van der Waals surface area contributed by atoms with E-state index in [2.05, 4.69) is 29.2 Å². The molecule has 0 aromatic carbocycles. The Labute approximate surface area is 88.9 Å². The molecule has 1 amide bonds. The van der Waals surface area contributed by atoms with E-state index in [1.807, 2.05) is 0 Å². The number of carbonyl (C=O) groups is 1. The quantitative estimate of drug-likeness (QED) is 0.791. The summed E-state index contributed by atoms with van der Waals surface area (Å²) < 4.78 is 1.48. The van der Waals surface area contributed by atoms with E-state index in [-0.39, 0.29) is 5.91 Å². The third-order valence-corrected chi connectivity index (χ3v) is 3.14. The molecule has 1 aliphatic carbocycles. The Morgan fingerprint density at radius 1 is 1.73 bits per heavy atom. The number of nitrogens with zero attached hydrogens (tertiary/aromatic N) is 3. The van der Waals surface area contributed by atoms with Crippen molar-refractivity contribution < 1.29 is 4.79 Å². The molecule has 1 aromatic rings. The maximum atomic E-state index is 11.6. The summed E-state index contributed by atoms with van der Waals surface area (Å²) in [4.78, 5) is 15.5. The average Bonchev–Trinajstić information content (AvgIpc) is 2.58. The zero-order valence-electron chi connectivity index (χ0n) is 9.32. The molecular formula is C10H16N4O. The van der Waals surface area contributed by atoms with Gasteiger partial charge in [0.25, 0.3) is 5.91 Å². The van der Waals surface area contributed by atoms with Gasteiger partial charge in [0.1, 0.15) is 6.33 Å². The third kappa shape index (κ3) is 2.00. The van der Waals surface area contributed by atoms with Crippen molar-refractivity contribution in [2.45, 2.75) is 20.3 Å². The molecule has 1 aliphatic rings. The lowest BCUT2D eigenvalue weighted by atomic mass is 10.1. The Morgan fingerprint density at radius 2 is 2.40 bits per heavy atom. The number of carbonyl (C=O) groups excluding carboxylic acids is 1. The van der Waals surface area contributed by atoms with Gasteiger partial charge in [-0.25, -0.2) is 9.67 Å². The molecule has 2 rings (SSSR count). The summed E-state index contributed by atoms with van der Waals surface area (Å²) >= 11 is 0. The van der Waals surface area contributed by atoms with Crippen LogP contribution in [0.3, 0.4) is 0 Å². The third-order valence-electron chi connectivity index (χ3n) is 3.14. The summed E-state index contributed by atoms with van der Waals surface area (Å²) in [5.41, 5.74) is 0.396. The SMILES string of the molecule is Cn1ncnc1C(=O)NC[C@H]1CC1(C)C. The highest BCUT2D eigenvalue weighted by atomic mass is 16.2. The number of aryl methyl sites for hydroxylation is 1. The van der Waals surface area contributed by atoms with Crippen LogP contribution in [0.2, 0.25) is 0 Å². The Hall–Kier alpha value is -1.39. The number of hydrogen-bond donors (Lipinski definition) is 1. The van der Waals surface area contributed by atoms with Gasteiger partial charge in [-0.05, 0) is 17.8 Å². The number of hydrogen-bond acceptors (Lipinski definition) is 3. The fourth-order valence-corrected chi connectivity index (χ4v) is 1.72. The van der Waals surface area contributed by atoms with Crippen LogP contribution in [-0.4, -0.2) is 27.2 Å². The lowest BCUT2D eigenvalue weighted by Crippen LogP contribution is -2.29. The van der Waals surface area contributed by atoms with Crippen molar-refractivity contribution in [3.05, 3.63) is 12.2 Å². The Bertz CT molecular complexity index is 383. The van der Waals surface area contributed by atoms with Crippen LogP contribution in [0.5, 0.6) is 0 Å². The molecule has 5 nitrogen and oxygen atoms in total. The summed E-state index contributed by atoms with van der Waals surface area (Å²) in [6.45, 7) is 5.16. The van der Waals surface area contributed by atoms with Gasteiger partial charge in [-0.15, -0.1) is 0 Å². The first-order valence-corrected chi connectivity index (χ1v) is 5.13. The second-order valence-electron chi connectivity index (χ2n) is 4.81. The van der Waals surface area contributed by atoms with Gasteiger partial charge < -0.3 is 5.32 Å². The Morgan fingerprint density at radius 3 is 2.87 bits per heavy atom. The molecule has 82 valence electrons. The highest BCUT2D eigenvalue weighted by Gasteiger charge is 2.45. The topological polar surface area (TPSA) is 59.8 Å². The molecule has 1 N–H and O–H groups in total. The van der Waals surface area contributed by atoms with Crippen LogP contribution in [0, 0.1) is 11.3 Å². The van der Waals surface area contributed by atoms with E-state index < -0.39 is 0 Å². The van der Waals surface area contributed by atoms with Crippen LogP contribution in [0.25, 0.3) is 0 Å².